The summed E-state index contributed by atoms with van der Waals surface area (Å²) in [5, 5.41) is 12.0. The zero-order valence-corrected chi connectivity index (χ0v) is 15.6. The molecule has 0 spiro atoms. The first kappa shape index (κ1) is 18.8. The van der Waals surface area contributed by atoms with Gasteiger partial charge >= 0.3 is 5.97 Å². The van der Waals surface area contributed by atoms with Gasteiger partial charge in [-0.3, -0.25) is 4.79 Å². The third-order valence-electron chi connectivity index (χ3n) is 5.46. The van der Waals surface area contributed by atoms with Crippen molar-refractivity contribution in [3.8, 4) is 0 Å². The first-order chi connectivity index (χ1) is 12.2. The molecule has 2 fully saturated rings. The van der Waals surface area contributed by atoms with Gasteiger partial charge < -0.3 is 10.4 Å². The van der Waals surface area contributed by atoms with E-state index in [9.17, 15) is 23.1 Å². The van der Waals surface area contributed by atoms with Gasteiger partial charge in [-0.1, -0.05) is 17.7 Å². The smallest absolute Gasteiger partial charge is 0.329 e. The molecule has 0 atom stereocenters. The van der Waals surface area contributed by atoms with Crippen LogP contribution in [0.2, 0.25) is 0 Å². The number of carbonyl (C=O) groups is 2. The van der Waals surface area contributed by atoms with Crippen LogP contribution in [0.4, 0.5) is 0 Å². The van der Waals surface area contributed by atoms with Crippen molar-refractivity contribution in [2.24, 2.45) is 5.92 Å². The van der Waals surface area contributed by atoms with Gasteiger partial charge in [-0.2, -0.15) is 4.31 Å². The molecule has 26 heavy (non-hydrogen) atoms. The quantitative estimate of drug-likeness (QED) is 0.806. The van der Waals surface area contributed by atoms with E-state index in [-0.39, 0.29) is 29.8 Å². The molecule has 7 nitrogen and oxygen atoms in total. The van der Waals surface area contributed by atoms with Crippen LogP contribution in [0.3, 0.4) is 0 Å². The van der Waals surface area contributed by atoms with Crippen molar-refractivity contribution < 1.29 is 23.1 Å². The van der Waals surface area contributed by atoms with Crippen molar-refractivity contribution in [3.05, 3.63) is 29.8 Å². The van der Waals surface area contributed by atoms with Gasteiger partial charge in [0.25, 0.3) is 0 Å². The molecule has 1 aromatic rings. The molecule has 3 rings (SSSR count). The lowest BCUT2D eigenvalue weighted by Gasteiger charge is -2.40. The first-order valence-electron chi connectivity index (χ1n) is 8.87. The Morgan fingerprint density at radius 2 is 1.73 bits per heavy atom. The summed E-state index contributed by atoms with van der Waals surface area (Å²) in [5.74, 6) is -1.62. The topological polar surface area (TPSA) is 104 Å². The summed E-state index contributed by atoms with van der Waals surface area (Å²) in [5.41, 5.74) is -0.134. The molecule has 2 aliphatic rings. The molecule has 1 aliphatic carbocycles. The van der Waals surface area contributed by atoms with Crippen LogP contribution in [0.15, 0.2) is 29.2 Å². The Bertz CT molecular complexity index is 791. The van der Waals surface area contributed by atoms with E-state index in [1.165, 1.54) is 4.31 Å². The standard InChI is InChI=1S/C18H24N2O5S/c1-13-3-5-15(6-4-13)26(24,25)20-11-7-14(8-12-20)16(21)19-18(17(22)23)9-2-10-18/h3-6,14H,2,7-12H2,1H3,(H,19,21)(H,22,23). The number of piperidine rings is 1. The van der Waals surface area contributed by atoms with Crippen LogP contribution in [0.1, 0.15) is 37.7 Å². The van der Waals surface area contributed by atoms with Crippen molar-refractivity contribution >= 4 is 21.9 Å². The minimum absolute atomic E-state index is 0.255. The second kappa shape index (κ2) is 7.00. The molecule has 0 radical (unpaired) electrons. The Hall–Kier alpha value is -1.93. The second-order valence-electron chi connectivity index (χ2n) is 7.22. The number of nitrogens with zero attached hydrogens (tertiary/aromatic N) is 1. The monoisotopic (exact) mass is 380 g/mol. The molecule has 2 N–H and O–H groups in total. The summed E-state index contributed by atoms with van der Waals surface area (Å²) in [6, 6.07) is 6.71. The highest BCUT2D eigenvalue weighted by Crippen LogP contribution is 2.33. The lowest BCUT2D eigenvalue weighted by atomic mass is 9.76. The summed E-state index contributed by atoms with van der Waals surface area (Å²) in [6.07, 6.45) is 2.49. The summed E-state index contributed by atoms with van der Waals surface area (Å²) < 4.78 is 26.8. The third-order valence-corrected chi connectivity index (χ3v) is 7.38. The van der Waals surface area contributed by atoms with Crippen molar-refractivity contribution in [1.82, 2.24) is 9.62 Å². The van der Waals surface area contributed by atoms with Crippen LogP contribution in [0.5, 0.6) is 0 Å². The Balaban J connectivity index is 1.61. The predicted molar refractivity (Wildman–Crippen MR) is 95.0 cm³/mol. The number of carboxylic acid groups (broad SMARTS) is 1. The van der Waals surface area contributed by atoms with Gasteiger partial charge in [0.2, 0.25) is 15.9 Å². The second-order valence-corrected chi connectivity index (χ2v) is 9.16. The number of benzene rings is 1. The molecule has 1 aromatic carbocycles. The molecule has 1 saturated heterocycles. The van der Waals surface area contributed by atoms with Gasteiger partial charge in [-0.15, -0.1) is 0 Å². The minimum Gasteiger partial charge on any atom is -0.480 e. The summed E-state index contributed by atoms with van der Waals surface area (Å²) in [6.45, 7) is 2.41. The molecule has 1 heterocycles. The van der Waals surface area contributed by atoms with E-state index in [2.05, 4.69) is 5.32 Å². The van der Waals surface area contributed by atoms with Crippen molar-refractivity contribution in [2.75, 3.05) is 13.1 Å². The van der Waals surface area contributed by atoms with Gasteiger partial charge in [0.05, 0.1) is 4.90 Å². The van der Waals surface area contributed by atoms with Gasteiger partial charge in [0, 0.05) is 19.0 Å². The Morgan fingerprint density at radius 1 is 1.15 bits per heavy atom. The molecule has 142 valence electrons. The van der Waals surface area contributed by atoms with E-state index in [1.807, 2.05) is 6.92 Å². The highest BCUT2D eigenvalue weighted by Gasteiger charge is 2.46. The maximum absolute atomic E-state index is 12.7. The van der Waals surface area contributed by atoms with Crippen LogP contribution in [-0.2, 0) is 19.6 Å². The number of hydrogen-bond acceptors (Lipinski definition) is 4. The zero-order valence-electron chi connectivity index (χ0n) is 14.8. The maximum atomic E-state index is 12.7. The normalized spacial score (nSPS) is 21.0. The van der Waals surface area contributed by atoms with Crippen molar-refractivity contribution in [2.45, 2.75) is 49.5 Å². The third kappa shape index (κ3) is 3.48. The number of amides is 1. The van der Waals surface area contributed by atoms with Gasteiger partial charge in [-0.25, -0.2) is 13.2 Å². The fourth-order valence-electron chi connectivity index (χ4n) is 3.48. The van der Waals surface area contributed by atoms with E-state index in [0.717, 1.165) is 12.0 Å². The number of nitrogens with one attached hydrogen (secondary N) is 1. The number of carboxylic acids is 1. The molecular weight excluding hydrogens is 356 g/mol. The molecule has 0 bridgehead atoms. The molecular formula is C18H24N2O5S. The SMILES string of the molecule is Cc1ccc(S(=O)(=O)N2CCC(C(=O)NC3(C(=O)O)CCC3)CC2)cc1. The van der Waals surface area contributed by atoms with Gasteiger partial charge in [0.1, 0.15) is 5.54 Å². The number of aliphatic carboxylic acids is 1. The largest absolute Gasteiger partial charge is 0.480 e. The summed E-state index contributed by atoms with van der Waals surface area (Å²) in [4.78, 5) is 24.1. The average Bonchev–Trinajstić information content (AvgIpc) is 2.58. The van der Waals surface area contributed by atoms with Crippen LogP contribution in [-0.4, -0.2) is 48.3 Å². The number of hydrogen-bond donors (Lipinski definition) is 2. The van der Waals surface area contributed by atoms with E-state index in [4.69, 9.17) is 0 Å². The lowest BCUT2D eigenvalue weighted by Crippen LogP contribution is -2.60. The van der Waals surface area contributed by atoms with Crippen LogP contribution >= 0.6 is 0 Å². The number of aryl methyl sites for hydroxylation is 1. The highest BCUT2D eigenvalue weighted by molar-refractivity contribution is 7.89. The molecule has 1 aliphatic heterocycles. The molecule has 0 aromatic heterocycles. The maximum Gasteiger partial charge on any atom is 0.329 e. The van der Waals surface area contributed by atoms with Gasteiger partial charge in [0.15, 0.2) is 0 Å². The molecule has 8 heteroatoms. The predicted octanol–water partition coefficient (Wildman–Crippen LogP) is 1.52. The van der Waals surface area contributed by atoms with Crippen LogP contribution in [0.25, 0.3) is 0 Å². The first-order valence-corrected chi connectivity index (χ1v) is 10.3. The number of carbonyl (C=O) groups excluding carboxylic acids is 1. The van der Waals surface area contributed by atoms with Crippen molar-refractivity contribution in [3.63, 3.8) is 0 Å². The van der Waals surface area contributed by atoms with Crippen LogP contribution in [0, 0.1) is 12.8 Å². The molecule has 1 saturated carbocycles. The zero-order chi connectivity index (χ0) is 18.9. The average molecular weight is 380 g/mol. The summed E-state index contributed by atoms with van der Waals surface area (Å²) in [7, 11) is -3.56. The Labute approximate surface area is 153 Å². The Kier molecular flexibility index (Phi) is 5.07. The minimum atomic E-state index is -3.56. The van der Waals surface area contributed by atoms with Crippen LogP contribution < -0.4 is 5.32 Å². The highest BCUT2D eigenvalue weighted by atomic mass is 32.2. The van der Waals surface area contributed by atoms with Gasteiger partial charge in [-0.05, 0) is 51.2 Å². The molecule has 0 unspecified atom stereocenters. The lowest BCUT2D eigenvalue weighted by molar-refractivity contribution is -0.152. The van der Waals surface area contributed by atoms with Crippen molar-refractivity contribution in [1.29, 1.82) is 0 Å². The van der Waals surface area contributed by atoms with E-state index in [1.54, 1.807) is 24.3 Å². The van der Waals surface area contributed by atoms with E-state index >= 15 is 0 Å². The fraction of sp³-hybridized carbons (Fsp3) is 0.556. The van der Waals surface area contributed by atoms with E-state index in [0.29, 0.717) is 25.7 Å². The number of sulfonamides is 1. The summed E-state index contributed by atoms with van der Waals surface area (Å²) >= 11 is 0. The fourth-order valence-corrected chi connectivity index (χ4v) is 4.95. The number of rotatable bonds is 5. The Morgan fingerprint density at radius 3 is 2.19 bits per heavy atom. The van der Waals surface area contributed by atoms with E-state index < -0.39 is 21.5 Å². The molecule has 1 amide bonds.